The maximum absolute atomic E-state index is 11.8. The third-order valence-corrected chi connectivity index (χ3v) is 6.77. The number of hydrogen-bond donors (Lipinski definition) is 1. The number of aliphatic carboxylic acids is 1. The monoisotopic (exact) mass is 436 g/mol. The topological polar surface area (TPSA) is 37.3 Å². The summed E-state index contributed by atoms with van der Waals surface area (Å²) in [4.78, 5) is 11.8. The molecular weight excluding hydrogens is 380 g/mol. The van der Waals surface area contributed by atoms with Gasteiger partial charge in [-0.3, -0.25) is 4.79 Å². The molecule has 2 heteroatoms. The Balaban J connectivity index is 3.76. The number of unbranched alkanes of at least 4 members (excludes halogenated alkanes) is 14. The number of carboxylic acids is 1. The molecule has 0 saturated carbocycles. The summed E-state index contributed by atoms with van der Waals surface area (Å²) in [6, 6.07) is 0. The van der Waals surface area contributed by atoms with Crippen LogP contribution >= 0.6 is 0 Å². The van der Waals surface area contributed by atoms with Gasteiger partial charge in [0, 0.05) is 0 Å². The van der Waals surface area contributed by atoms with Crippen LogP contribution in [0, 0.1) is 11.8 Å². The van der Waals surface area contributed by atoms with Crippen LogP contribution in [-0.2, 0) is 4.79 Å². The Morgan fingerprint density at radius 1 is 0.581 bits per heavy atom. The van der Waals surface area contributed by atoms with E-state index in [0.29, 0.717) is 5.92 Å². The van der Waals surface area contributed by atoms with E-state index in [-0.39, 0.29) is 5.92 Å². The normalized spacial score (nSPS) is 13.6. The van der Waals surface area contributed by atoms with Crippen molar-refractivity contribution in [2.24, 2.45) is 11.8 Å². The third-order valence-electron chi connectivity index (χ3n) is 6.77. The molecule has 0 saturated heterocycles. The third kappa shape index (κ3) is 19.6. The SMILES string of the molecule is CCCCCCCC/C=C\CCCCCCCCC(CCCC)C(CCCC)C(=O)O. The Kier molecular flexibility index (Phi) is 23.3. The molecule has 0 aliphatic rings. The van der Waals surface area contributed by atoms with Crippen molar-refractivity contribution in [1.82, 2.24) is 0 Å². The summed E-state index contributed by atoms with van der Waals surface area (Å²) >= 11 is 0. The molecule has 0 aliphatic heterocycles. The lowest BCUT2D eigenvalue weighted by molar-refractivity contribution is -0.144. The molecule has 0 radical (unpaired) electrons. The summed E-state index contributed by atoms with van der Waals surface area (Å²) < 4.78 is 0. The van der Waals surface area contributed by atoms with Crippen LogP contribution in [0.4, 0.5) is 0 Å². The molecule has 0 aromatic heterocycles. The zero-order valence-corrected chi connectivity index (χ0v) is 21.5. The molecule has 2 nitrogen and oxygen atoms in total. The number of hydrogen-bond acceptors (Lipinski definition) is 1. The molecule has 0 fully saturated rings. The van der Waals surface area contributed by atoms with Crippen molar-refractivity contribution in [3.8, 4) is 0 Å². The summed E-state index contributed by atoms with van der Waals surface area (Å²) in [5, 5.41) is 9.70. The minimum atomic E-state index is -0.556. The molecule has 2 unspecified atom stereocenters. The van der Waals surface area contributed by atoms with Crippen LogP contribution in [-0.4, -0.2) is 11.1 Å². The quantitative estimate of drug-likeness (QED) is 0.121. The van der Waals surface area contributed by atoms with Crippen molar-refractivity contribution in [1.29, 1.82) is 0 Å². The molecule has 0 aromatic carbocycles. The van der Waals surface area contributed by atoms with E-state index in [0.717, 1.165) is 32.1 Å². The lowest BCUT2D eigenvalue weighted by Gasteiger charge is -2.24. The fourth-order valence-corrected chi connectivity index (χ4v) is 4.65. The molecule has 1 N–H and O–H groups in total. The highest BCUT2D eigenvalue weighted by molar-refractivity contribution is 5.70. The molecule has 0 rings (SSSR count). The summed E-state index contributed by atoms with van der Waals surface area (Å²) in [6.07, 6.45) is 31.0. The van der Waals surface area contributed by atoms with E-state index in [2.05, 4.69) is 32.9 Å². The van der Waals surface area contributed by atoms with E-state index in [1.165, 1.54) is 103 Å². The summed E-state index contributed by atoms with van der Waals surface area (Å²) in [5.41, 5.74) is 0. The summed E-state index contributed by atoms with van der Waals surface area (Å²) in [7, 11) is 0. The van der Waals surface area contributed by atoms with Crippen LogP contribution in [0.5, 0.6) is 0 Å². The Labute approximate surface area is 195 Å². The van der Waals surface area contributed by atoms with E-state index in [1.807, 2.05) is 0 Å². The van der Waals surface area contributed by atoms with E-state index in [1.54, 1.807) is 0 Å². The van der Waals surface area contributed by atoms with Crippen molar-refractivity contribution < 1.29 is 9.90 Å². The molecule has 0 aromatic rings. The predicted octanol–water partition coefficient (Wildman–Crippen LogP) is 10.1. The Hall–Kier alpha value is -0.790. The highest BCUT2D eigenvalue weighted by Gasteiger charge is 2.26. The first-order valence-corrected chi connectivity index (χ1v) is 14.0. The standard InChI is InChI=1S/C29H56O2/c1-4-7-10-11-12-13-14-15-16-17-18-19-20-21-22-23-25-27(24-8-5-2)28(29(30)31)26-9-6-3/h15-16,27-28H,4-14,17-26H2,1-3H3,(H,30,31)/b16-15-. The average molecular weight is 437 g/mol. The molecule has 31 heavy (non-hydrogen) atoms. The van der Waals surface area contributed by atoms with Crippen molar-refractivity contribution in [3.05, 3.63) is 12.2 Å². The van der Waals surface area contributed by atoms with Gasteiger partial charge in [-0.15, -0.1) is 0 Å². The molecule has 0 heterocycles. The van der Waals surface area contributed by atoms with Crippen LogP contribution in [0.3, 0.4) is 0 Å². The second-order valence-electron chi connectivity index (χ2n) is 9.72. The average Bonchev–Trinajstić information content (AvgIpc) is 2.76. The molecular formula is C29H56O2. The summed E-state index contributed by atoms with van der Waals surface area (Å²) in [6.45, 7) is 6.65. The second-order valence-corrected chi connectivity index (χ2v) is 9.72. The molecule has 0 aliphatic carbocycles. The van der Waals surface area contributed by atoms with Crippen LogP contribution in [0.2, 0.25) is 0 Å². The van der Waals surface area contributed by atoms with Crippen LogP contribution in [0.15, 0.2) is 12.2 Å². The lowest BCUT2D eigenvalue weighted by Crippen LogP contribution is -2.24. The lowest BCUT2D eigenvalue weighted by atomic mass is 9.81. The molecule has 0 spiro atoms. The first-order chi connectivity index (χ1) is 15.2. The number of rotatable bonds is 24. The van der Waals surface area contributed by atoms with Gasteiger partial charge in [-0.1, -0.05) is 123 Å². The second kappa shape index (κ2) is 23.9. The van der Waals surface area contributed by atoms with E-state index in [9.17, 15) is 9.90 Å². The maximum atomic E-state index is 11.8. The zero-order chi connectivity index (χ0) is 23.0. The largest absolute Gasteiger partial charge is 0.481 e. The smallest absolute Gasteiger partial charge is 0.306 e. The molecule has 0 amide bonds. The first kappa shape index (κ1) is 30.2. The van der Waals surface area contributed by atoms with Crippen LogP contribution in [0.1, 0.15) is 156 Å². The van der Waals surface area contributed by atoms with E-state index >= 15 is 0 Å². The number of carbonyl (C=O) groups is 1. The van der Waals surface area contributed by atoms with Gasteiger partial charge in [0.15, 0.2) is 0 Å². The Morgan fingerprint density at radius 2 is 1.00 bits per heavy atom. The van der Waals surface area contributed by atoms with Crippen LogP contribution in [0.25, 0.3) is 0 Å². The highest BCUT2D eigenvalue weighted by Crippen LogP contribution is 2.29. The van der Waals surface area contributed by atoms with Crippen molar-refractivity contribution in [2.75, 3.05) is 0 Å². The minimum Gasteiger partial charge on any atom is -0.481 e. The summed E-state index contributed by atoms with van der Waals surface area (Å²) in [5.74, 6) is -0.283. The Bertz CT molecular complexity index is 402. The molecule has 184 valence electrons. The molecule has 0 bridgehead atoms. The number of allylic oxidation sites excluding steroid dienone is 2. The van der Waals surface area contributed by atoms with Crippen LogP contribution < -0.4 is 0 Å². The van der Waals surface area contributed by atoms with Gasteiger partial charge in [-0.25, -0.2) is 0 Å². The van der Waals surface area contributed by atoms with Gasteiger partial charge in [0.05, 0.1) is 5.92 Å². The van der Waals surface area contributed by atoms with Gasteiger partial charge in [0.2, 0.25) is 0 Å². The first-order valence-electron chi connectivity index (χ1n) is 14.0. The fraction of sp³-hybridized carbons (Fsp3) is 0.897. The predicted molar refractivity (Wildman–Crippen MR) is 138 cm³/mol. The van der Waals surface area contributed by atoms with Gasteiger partial charge in [0.1, 0.15) is 0 Å². The minimum absolute atomic E-state index is 0.116. The Morgan fingerprint density at radius 3 is 1.52 bits per heavy atom. The molecule has 2 atom stereocenters. The van der Waals surface area contributed by atoms with Gasteiger partial charge in [-0.05, 0) is 50.9 Å². The van der Waals surface area contributed by atoms with Gasteiger partial charge < -0.3 is 5.11 Å². The van der Waals surface area contributed by atoms with Crippen molar-refractivity contribution >= 4 is 5.97 Å². The van der Waals surface area contributed by atoms with Crippen molar-refractivity contribution in [2.45, 2.75) is 156 Å². The van der Waals surface area contributed by atoms with Gasteiger partial charge in [0.25, 0.3) is 0 Å². The highest BCUT2D eigenvalue weighted by atomic mass is 16.4. The van der Waals surface area contributed by atoms with Gasteiger partial charge in [-0.2, -0.15) is 0 Å². The maximum Gasteiger partial charge on any atom is 0.306 e. The van der Waals surface area contributed by atoms with Gasteiger partial charge >= 0.3 is 5.97 Å². The van der Waals surface area contributed by atoms with Crippen molar-refractivity contribution in [3.63, 3.8) is 0 Å². The van der Waals surface area contributed by atoms with E-state index < -0.39 is 5.97 Å². The fourth-order valence-electron chi connectivity index (χ4n) is 4.65. The zero-order valence-electron chi connectivity index (χ0n) is 21.5. The van der Waals surface area contributed by atoms with E-state index in [4.69, 9.17) is 0 Å². The number of carboxylic acid groups (broad SMARTS) is 1.